The highest BCUT2D eigenvalue weighted by molar-refractivity contribution is 5.87. The van der Waals surface area contributed by atoms with Crippen LogP contribution in [-0.2, 0) is 16.1 Å². The molecule has 0 spiro atoms. The number of carbonyl (C=O) groups excluding carboxylic acids is 1. The van der Waals surface area contributed by atoms with Crippen molar-refractivity contribution in [2.45, 2.75) is 6.54 Å². The van der Waals surface area contributed by atoms with Crippen molar-refractivity contribution in [3.05, 3.63) is 23.7 Å². The predicted molar refractivity (Wildman–Crippen MR) is 49.4 cm³/mol. The minimum absolute atomic E-state index is 0.0552. The summed E-state index contributed by atoms with van der Waals surface area (Å²) < 4.78 is 9.35. The molecule has 0 aliphatic heterocycles. The quantitative estimate of drug-likeness (QED) is 0.681. The van der Waals surface area contributed by atoms with Gasteiger partial charge in [0.2, 0.25) is 0 Å². The molecule has 0 amide bonds. The number of aromatic carboxylic acids is 1. The molecule has 0 aromatic carbocycles. The number of methoxy groups -OCH3 is 1. The minimum atomic E-state index is -1.04. The smallest absolute Gasteiger partial charge is 0.338 e. The first-order valence-corrected chi connectivity index (χ1v) is 4.21. The molecule has 0 radical (unpaired) electrons. The summed E-state index contributed by atoms with van der Waals surface area (Å²) in [7, 11) is 1.29. The molecule has 0 saturated carbocycles. The SMILES string of the molecule is COC(=O)CNCc1cc(C(=O)O)co1. The summed E-state index contributed by atoms with van der Waals surface area (Å²) in [6.45, 7) is 0.335. The van der Waals surface area contributed by atoms with Crippen LogP contribution in [-0.4, -0.2) is 30.7 Å². The summed E-state index contributed by atoms with van der Waals surface area (Å²) >= 11 is 0. The lowest BCUT2D eigenvalue weighted by atomic mass is 10.3. The molecule has 1 heterocycles. The molecule has 0 bridgehead atoms. The lowest BCUT2D eigenvalue weighted by molar-refractivity contribution is -0.139. The fourth-order valence-corrected chi connectivity index (χ4v) is 0.945. The van der Waals surface area contributed by atoms with Crippen LogP contribution in [0.3, 0.4) is 0 Å². The zero-order valence-corrected chi connectivity index (χ0v) is 8.15. The molecule has 0 fully saturated rings. The van der Waals surface area contributed by atoms with Crippen molar-refractivity contribution in [2.24, 2.45) is 0 Å². The Hall–Kier alpha value is -1.82. The lowest BCUT2D eigenvalue weighted by Crippen LogP contribution is -2.23. The van der Waals surface area contributed by atoms with Crippen LogP contribution in [0.25, 0.3) is 0 Å². The van der Waals surface area contributed by atoms with Gasteiger partial charge in [0, 0.05) is 0 Å². The third-order valence-electron chi connectivity index (χ3n) is 1.70. The van der Waals surface area contributed by atoms with Gasteiger partial charge >= 0.3 is 11.9 Å². The van der Waals surface area contributed by atoms with Gasteiger partial charge in [0.05, 0.1) is 25.8 Å². The summed E-state index contributed by atoms with van der Waals surface area (Å²) in [5.74, 6) is -0.978. The molecule has 0 unspecified atom stereocenters. The van der Waals surface area contributed by atoms with Gasteiger partial charge in [-0.1, -0.05) is 0 Å². The molecular formula is C9H11NO5. The van der Waals surface area contributed by atoms with Crippen LogP contribution in [0, 0.1) is 0 Å². The van der Waals surface area contributed by atoms with Gasteiger partial charge < -0.3 is 14.3 Å². The summed E-state index contributed by atoms with van der Waals surface area (Å²) in [4.78, 5) is 21.2. The number of hydrogen-bond donors (Lipinski definition) is 2. The predicted octanol–water partition coefficient (Wildman–Crippen LogP) is 0.240. The summed E-state index contributed by atoms with van der Waals surface area (Å²) in [6.07, 6.45) is 1.15. The summed E-state index contributed by atoms with van der Waals surface area (Å²) in [6, 6.07) is 1.40. The highest BCUT2D eigenvalue weighted by Gasteiger charge is 2.08. The normalized spacial score (nSPS) is 9.93. The number of carboxylic acid groups (broad SMARTS) is 1. The summed E-state index contributed by atoms with van der Waals surface area (Å²) in [5, 5.41) is 11.3. The number of ether oxygens (including phenoxy) is 1. The van der Waals surface area contributed by atoms with Crippen molar-refractivity contribution in [1.29, 1.82) is 0 Å². The van der Waals surface area contributed by atoms with Crippen molar-refractivity contribution in [3.63, 3.8) is 0 Å². The molecular weight excluding hydrogens is 202 g/mol. The van der Waals surface area contributed by atoms with E-state index in [0.29, 0.717) is 5.76 Å². The molecule has 6 heteroatoms. The molecule has 0 saturated heterocycles. The molecule has 0 aliphatic carbocycles. The molecule has 1 rings (SSSR count). The van der Waals surface area contributed by atoms with Gasteiger partial charge in [-0.2, -0.15) is 0 Å². The van der Waals surface area contributed by atoms with Gasteiger partial charge in [-0.05, 0) is 6.07 Å². The number of hydrogen-bond acceptors (Lipinski definition) is 5. The first-order chi connectivity index (χ1) is 7.13. The maximum Gasteiger partial charge on any atom is 0.338 e. The third-order valence-corrected chi connectivity index (χ3v) is 1.70. The van der Waals surface area contributed by atoms with E-state index in [0.717, 1.165) is 6.26 Å². The summed E-state index contributed by atoms with van der Waals surface area (Å²) in [5.41, 5.74) is 0.0878. The third kappa shape index (κ3) is 3.43. The average Bonchev–Trinajstić information content (AvgIpc) is 2.66. The van der Waals surface area contributed by atoms with Crippen molar-refractivity contribution < 1.29 is 23.8 Å². The Labute approximate surface area is 85.8 Å². The van der Waals surface area contributed by atoms with Gasteiger partial charge in [0.25, 0.3) is 0 Å². The van der Waals surface area contributed by atoms with Crippen molar-refractivity contribution in [1.82, 2.24) is 5.32 Å². The Kier molecular flexibility index (Phi) is 3.87. The van der Waals surface area contributed by atoms with E-state index in [1.54, 1.807) is 0 Å². The van der Waals surface area contributed by atoms with E-state index in [1.165, 1.54) is 13.2 Å². The maximum absolute atomic E-state index is 10.7. The van der Waals surface area contributed by atoms with Crippen LogP contribution >= 0.6 is 0 Å². The highest BCUT2D eigenvalue weighted by Crippen LogP contribution is 2.06. The second-order valence-corrected chi connectivity index (χ2v) is 2.79. The average molecular weight is 213 g/mol. The van der Waals surface area contributed by atoms with E-state index in [4.69, 9.17) is 9.52 Å². The zero-order valence-electron chi connectivity index (χ0n) is 8.15. The fourth-order valence-electron chi connectivity index (χ4n) is 0.945. The Balaban J connectivity index is 2.38. The van der Waals surface area contributed by atoms with Gasteiger partial charge in [0.15, 0.2) is 0 Å². The van der Waals surface area contributed by atoms with Crippen molar-refractivity contribution in [2.75, 3.05) is 13.7 Å². The van der Waals surface area contributed by atoms with Crippen LogP contribution < -0.4 is 5.32 Å². The van der Waals surface area contributed by atoms with E-state index in [1.807, 2.05) is 0 Å². The second kappa shape index (κ2) is 5.16. The van der Waals surface area contributed by atoms with Gasteiger partial charge in [-0.3, -0.25) is 10.1 Å². The zero-order chi connectivity index (χ0) is 11.3. The van der Waals surface area contributed by atoms with Crippen LogP contribution in [0.5, 0.6) is 0 Å². The number of nitrogens with one attached hydrogen (secondary N) is 1. The first-order valence-electron chi connectivity index (χ1n) is 4.21. The van der Waals surface area contributed by atoms with Crippen LogP contribution in [0.4, 0.5) is 0 Å². The lowest BCUT2D eigenvalue weighted by Gasteiger charge is -1.99. The molecule has 15 heavy (non-hydrogen) atoms. The van der Waals surface area contributed by atoms with Crippen molar-refractivity contribution >= 4 is 11.9 Å². The molecule has 82 valence electrons. The monoisotopic (exact) mass is 213 g/mol. The van der Waals surface area contributed by atoms with Gasteiger partial charge in [0.1, 0.15) is 12.0 Å². The number of esters is 1. The largest absolute Gasteiger partial charge is 0.478 e. The highest BCUT2D eigenvalue weighted by atomic mass is 16.5. The first kappa shape index (κ1) is 11.3. The van der Waals surface area contributed by atoms with E-state index >= 15 is 0 Å². The molecule has 0 atom stereocenters. The number of carbonyl (C=O) groups is 2. The Morgan fingerprint density at radius 1 is 1.60 bits per heavy atom. The topological polar surface area (TPSA) is 88.8 Å². The number of furan rings is 1. The Morgan fingerprint density at radius 3 is 2.87 bits per heavy atom. The second-order valence-electron chi connectivity index (χ2n) is 2.79. The van der Waals surface area contributed by atoms with Gasteiger partial charge in [-0.25, -0.2) is 4.79 Å². The van der Waals surface area contributed by atoms with Gasteiger partial charge in [-0.15, -0.1) is 0 Å². The molecule has 6 nitrogen and oxygen atoms in total. The minimum Gasteiger partial charge on any atom is -0.478 e. The van der Waals surface area contributed by atoms with Crippen molar-refractivity contribution in [3.8, 4) is 0 Å². The van der Waals surface area contributed by atoms with E-state index in [2.05, 4.69) is 10.1 Å². The number of carboxylic acids is 1. The van der Waals surface area contributed by atoms with Crippen LogP contribution in [0.15, 0.2) is 16.7 Å². The molecule has 2 N–H and O–H groups in total. The molecule has 0 aliphatic rings. The van der Waals surface area contributed by atoms with E-state index < -0.39 is 5.97 Å². The Morgan fingerprint density at radius 2 is 2.33 bits per heavy atom. The van der Waals surface area contributed by atoms with E-state index in [-0.39, 0.29) is 24.6 Å². The molecule has 1 aromatic heterocycles. The van der Waals surface area contributed by atoms with Crippen LogP contribution in [0.1, 0.15) is 16.1 Å². The Bertz CT molecular complexity index is 357. The number of rotatable bonds is 5. The van der Waals surface area contributed by atoms with E-state index in [9.17, 15) is 9.59 Å². The maximum atomic E-state index is 10.7. The fraction of sp³-hybridized carbons (Fsp3) is 0.333. The van der Waals surface area contributed by atoms with Crippen LogP contribution in [0.2, 0.25) is 0 Å². The molecule has 1 aromatic rings. The standard InChI is InChI=1S/C9H11NO5/c1-14-8(11)4-10-3-7-2-6(5-15-7)9(12)13/h2,5,10H,3-4H2,1H3,(H,12,13).